The topological polar surface area (TPSA) is 86.9 Å². The summed E-state index contributed by atoms with van der Waals surface area (Å²) in [5, 5.41) is 5.43. The van der Waals surface area contributed by atoms with Crippen molar-refractivity contribution >= 4 is 17.5 Å². The maximum Gasteiger partial charge on any atom is 0.228 e. The Morgan fingerprint density at radius 1 is 1.45 bits per heavy atom. The molecule has 114 valence electrons. The highest BCUT2D eigenvalue weighted by Crippen LogP contribution is 2.32. The van der Waals surface area contributed by atoms with Gasteiger partial charge in [-0.3, -0.25) is 9.59 Å². The van der Waals surface area contributed by atoms with Crippen LogP contribution in [0.5, 0.6) is 0 Å². The first-order valence-electron chi connectivity index (χ1n) is 6.98. The van der Waals surface area contributed by atoms with Crippen molar-refractivity contribution in [3.8, 4) is 0 Å². The van der Waals surface area contributed by atoms with E-state index in [1.54, 1.807) is 12.5 Å². The van der Waals surface area contributed by atoms with Crippen molar-refractivity contribution in [2.45, 2.75) is 18.8 Å². The molecule has 1 atom stereocenters. The molecule has 0 unspecified atom stereocenters. The molecule has 7 heteroatoms. The van der Waals surface area contributed by atoms with Crippen LogP contribution >= 0.6 is 0 Å². The fourth-order valence-electron chi connectivity index (χ4n) is 2.53. The Kier molecular flexibility index (Phi) is 3.86. The zero-order valence-electron chi connectivity index (χ0n) is 11.7. The Morgan fingerprint density at radius 2 is 2.32 bits per heavy atom. The summed E-state index contributed by atoms with van der Waals surface area (Å²) in [5.41, 5.74) is 1.91. The fraction of sp³-hybridized carbons (Fsp3) is 0.267. The van der Waals surface area contributed by atoms with Gasteiger partial charge in [0.2, 0.25) is 11.8 Å². The summed E-state index contributed by atoms with van der Waals surface area (Å²) in [7, 11) is 0. The molecule has 2 amide bonds. The number of anilines is 1. The minimum absolute atomic E-state index is 0.0202. The lowest BCUT2D eigenvalue weighted by Gasteiger charge is -2.24. The summed E-state index contributed by atoms with van der Waals surface area (Å²) in [4.78, 5) is 30.8. The third-order valence-corrected chi connectivity index (χ3v) is 3.62. The SMILES string of the molecule is O=C1C[C@H](C(=O)NCCc2cnc[nH]2)c2cc(F)ccc2N1. The molecule has 2 heterocycles. The number of rotatable bonds is 4. The summed E-state index contributed by atoms with van der Waals surface area (Å²) in [6.45, 7) is 0.420. The molecule has 3 N–H and O–H groups in total. The minimum Gasteiger partial charge on any atom is -0.355 e. The molecule has 0 spiro atoms. The van der Waals surface area contributed by atoms with Gasteiger partial charge in [0.25, 0.3) is 0 Å². The summed E-state index contributed by atoms with van der Waals surface area (Å²) in [6.07, 6.45) is 3.89. The van der Waals surface area contributed by atoms with Crippen LogP contribution in [0.3, 0.4) is 0 Å². The number of carbonyl (C=O) groups excluding carboxylic acids is 2. The second-order valence-electron chi connectivity index (χ2n) is 5.15. The van der Waals surface area contributed by atoms with Gasteiger partial charge in [-0.2, -0.15) is 0 Å². The van der Waals surface area contributed by atoms with E-state index in [2.05, 4.69) is 20.6 Å². The Bertz CT molecular complexity index is 700. The molecule has 1 aromatic heterocycles. The van der Waals surface area contributed by atoms with Gasteiger partial charge in [-0.1, -0.05) is 0 Å². The van der Waals surface area contributed by atoms with Crippen LogP contribution in [0.4, 0.5) is 10.1 Å². The molecule has 1 aromatic carbocycles. The predicted octanol–water partition coefficient (Wildman–Crippen LogP) is 1.33. The van der Waals surface area contributed by atoms with Crippen molar-refractivity contribution in [2.75, 3.05) is 11.9 Å². The number of H-pyrrole nitrogens is 1. The van der Waals surface area contributed by atoms with Crippen molar-refractivity contribution in [3.63, 3.8) is 0 Å². The van der Waals surface area contributed by atoms with Gasteiger partial charge in [0.1, 0.15) is 5.82 Å². The molecule has 0 fully saturated rings. The van der Waals surface area contributed by atoms with E-state index in [1.165, 1.54) is 18.2 Å². The van der Waals surface area contributed by atoms with E-state index < -0.39 is 11.7 Å². The van der Waals surface area contributed by atoms with E-state index in [0.29, 0.717) is 24.2 Å². The van der Waals surface area contributed by atoms with Gasteiger partial charge in [0.05, 0.1) is 12.2 Å². The van der Waals surface area contributed by atoms with Crippen molar-refractivity contribution in [3.05, 3.63) is 47.8 Å². The van der Waals surface area contributed by atoms with E-state index in [1.807, 2.05) is 0 Å². The van der Waals surface area contributed by atoms with Crippen LogP contribution in [-0.4, -0.2) is 28.3 Å². The highest BCUT2D eigenvalue weighted by atomic mass is 19.1. The maximum absolute atomic E-state index is 13.4. The number of aromatic nitrogens is 2. The number of carbonyl (C=O) groups is 2. The summed E-state index contributed by atoms with van der Waals surface area (Å²) < 4.78 is 13.4. The van der Waals surface area contributed by atoms with Crippen LogP contribution in [0.1, 0.15) is 23.6 Å². The van der Waals surface area contributed by atoms with Gasteiger partial charge < -0.3 is 15.6 Å². The number of fused-ring (bicyclic) bond motifs is 1. The largest absolute Gasteiger partial charge is 0.355 e. The Labute approximate surface area is 126 Å². The molecular formula is C15H15FN4O2. The second kappa shape index (κ2) is 5.97. The third-order valence-electron chi connectivity index (χ3n) is 3.62. The normalized spacial score (nSPS) is 16.8. The second-order valence-corrected chi connectivity index (χ2v) is 5.15. The number of imidazole rings is 1. The number of hydrogen-bond donors (Lipinski definition) is 3. The third kappa shape index (κ3) is 2.98. The van der Waals surface area contributed by atoms with E-state index in [-0.39, 0.29) is 18.2 Å². The van der Waals surface area contributed by atoms with Crippen LogP contribution in [-0.2, 0) is 16.0 Å². The van der Waals surface area contributed by atoms with Gasteiger partial charge >= 0.3 is 0 Å². The molecule has 0 saturated heterocycles. The monoisotopic (exact) mass is 302 g/mol. The number of halogens is 1. The first-order chi connectivity index (χ1) is 10.6. The van der Waals surface area contributed by atoms with Gasteiger partial charge in [-0.15, -0.1) is 0 Å². The lowest BCUT2D eigenvalue weighted by atomic mass is 9.89. The van der Waals surface area contributed by atoms with Gasteiger partial charge in [-0.05, 0) is 23.8 Å². The smallest absolute Gasteiger partial charge is 0.228 e. The average Bonchev–Trinajstić information content (AvgIpc) is 3.00. The lowest BCUT2D eigenvalue weighted by Crippen LogP contribution is -2.36. The standard InChI is InChI=1S/C15H15FN4O2/c16-9-1-2-13-11(5-9)12(6-14(21)20-13)15(22)18-4-3-10-7-17-8-19-10/h1-2,5,7-8,12H,3-4,6H2,(H,17,19)(H,18,22)(H,20,21)/t12-/m0/s1. The van der Waals surface area contributed by atoms with Crippen molar-refractivity contribution in [2.24, 2.45) is 0 Å². The van der Waals surface area contributed by atoms with Crippen molar-refractivity contribution in [1.82, 2.24) is 15.3 Å². The molecule has 2 aromatic rings. The van der Waals surface area contributed by atoms with Gasteiger partial charge in [-0.25, -0.2) is 9.37 Å². The zero-order valence-corrected chi connectivity index (χ0v) is 11.7. The van der Waals surface area contributed by atoms with Crippen molar-refractivity contribution in [1.29, 1.82) is 0 Å². The van der Waals surface area contributed by atoms with Gasteiger partial charge in [0, 0.05) is 37.0 Å². The van der Waals surface area contributed by atoms with E-state index >= 15 is 0 Å². The molecule has 1 aliphatic rings. The minimum atomic E-state index is -0.666. The summed E-state index contributed by atoms with van der Waals surface area (Å²) >= 11 is 0. The lowest BCUT2D eigenvalue weighted by molar-refractivity contribution is -0.126. The first kappa shape index (κ1) is 14.2. The Balaban J connectivity index is 1.69. The Morgan fingerprint density at radius 3 is 3.09 bits per heavy atom. The number of aromatic amines is 1. The fourth-order valence-corrected chi connectivity index (χ4v) is 2.53. The first-order valence-corrected chi connectivity index (χ1v) is 6.98. The highest BCUT2D eigenvalue weighted by molar-refractivity contribution is 6.01. The average molecular weight is 302 g/mol. The van der Waals surface area contributed by atoms with Crippen LogP contribution in [0.25, 0.3) is 0 Å². The van der Waals surface area contributed by atoms with E-state index in [4.69, 9.17) is 0 Å². The molecule has 1 aliphatic heterocycles. The molecule has 0 bridgehead atoms. The summed E-state index contributed by atoms with van der Waals surface area (Å²) in [5.74, 6) is -1.61. The van der Waals surface area contributed by atoms with Crippen LogP contribution in [0, 0.1) is 5.82 Å². The number of nitrogens with zero attached hydrogens (tertiary/aromatic N) is 1. The molecule has 22 heavy (non-hydrogen) atoms. The number of hydrogen-bond acceptors (Lipinski definition) is 3. The molecule has 0 aliphatic carbocycles. The van der Waals surface area contributed by atoms with Crippen LogP contribution in [0.15, 0.2) is 30.7 Å². The Hall–Kier alpha value is -2.70. The zero-order chi connectivity index (χ0) is 15.5. The van der Waals surface area contributed by atoms with Gasteiger partial charge in [0.15, 0.2) is 0 Å². The van der Waals surface area contributed by atoms with Crippen LogP contribution < -0.4 is 10.6 Å². The quantitative estimate of drug-likeness (QED) is 0.796. The van der Waals surface area contributed by atoms with E-state index in [0.717, 1.165) is 5.69 Å². The highest BCUT2D eigenvalue weighted by Gasteiger charge is 2.30. The number of benzene rings is 1. The summed E-state index contributed by atoms with van der Waals surface area (Å²) in [6, 6.07) is 4.04. The molecular weight excluding hydrogens is 287 g/mol. The molecule has 6 nitrogen and oxygen atoms in total. The molecule has 0 radical (unpaired) electrons. The number of nitrogens with one attached hydrogen (secondary N) is 3. The number of amides is 2. The predicted molar refractivity (Wildman–Crippen MR) is 77.7 cm³/mol. The van der Waals surface area contributed by atoms with E-state index in [9.17, 15) is 14.0 Å². The van der Waals surface area contributed by atoms with Crippen LogP contribution in [0.2, 0.25) is 0 Å². The maximum atomic E-state index is 13.4. The van der Waals surface area contributed by atoms with Crippen molar-refractivity contribution < 1.29 is 14.0 Å². The molecule has 3 rings (SSSR count). The molecule has 0 saturated carbocycles.